The normalized spacial score (nSPS) is 20.2. The number of aryl methyl sites for hydroxylation is 1. The number of nitrogens with one attached hydrogen (secondary N) is 1. The molecule has 1 amide bonds. The number of halogens is 2. The number of H-pyrrole nitrogens is 1. The molecule has 1 aromatic carbocycles. The first-order valence-corrected chi connectivity index (χ1v) is 9.30. The smallest absolute Gasteiger partial charge is 0.222 e. The largest absolute Gasteiger partial charge is 0.508 e. The van der Waals surface area contributed by atoms with E-state index in [-0.39, 0.29) is 17.7 Å². The lowest BCUT2D eigenvalue weighted by Gasteiger charge is -2.31. The molecular weight excluding hydrogens is 361 g/mol. The number of aromatic nitrogens is 2. The Balaban J connectivity index is 1.60. The number of rotatable bonds is 3. The van der Waals surface area contributed by atoms with E-state index in [0.29, 0.717) is 22.9 Å². The molecule has 2 aromatic rings. The molecule has 1 atom stereocenters. The molecule has 1 aromatic heterocycles. The Labute approximate surface area is 155 Å². The lowest BCUT2D eigenvalue weighted by atomic mass is 9.89. The summed E-state index contributed by atoms with van der Waals surface area (Å²) < 4.78 is 0. The van der Waals surface area contributed by atoms with Crippen LogP contribution in [0.4, 0.5) is 0 Å². The highest BCUT2D eigenvalue weighted by molar-refractivity contribution is 6.36. The van der Waals surface area contributed by atoms with Gasteiger partial charge in [0.1, 0.15) is 5.75 Å². The number of fused-ring (bicyclic) bond motifs is 1. The maximum atomic E-state index is 12.1. The van der Waals surface area contributed by atoms with Crippen LogP contribution in [-0.2, 0) is 24.1 Å². The molecular formula is C18H19Cl2N3O2. The highest BCUT2D eigenvalue weighted by Crippen LogP contribution is 2.34. The van der Waals surface area contributed by atoms with Gasteiger partial charge in [-0.25, -0.2) is 0 Å². The quantitative estimate of drug-likeness (QED) is 0.857. The summed E-state index contributed by atoms with van der Waals surface area (Å²) in [6.45, 7) is 0.863. The summed E-state index contributed by atoms with van der Waals surface area (Å²) in [5, 5.41) is 18.0. The molecule has 7 heteroatoms. The molecule has 1 aliphatic carbocycles. The summed E-state index contributed by atoms with van der Waals surface area (Å²) in [7, 11) is 0. The first-order valence-electron chi connectivity index (χ1n) is 8.54. The van der Waals surface area contributed by atoms with E-state index >= 15 is 0 Å². The molecule has 1 saturated heterocycles. The van der Waals surface area contributed by atoms with Crippen molar-refractivity contribution >= 4 is 29.1 Å². The Morgan fingerprint density at radius 2 is 2.04 bits per heavy atom. The number of hydrogen-bond acceptors (Lipinski definition) is 3. The van der Waals surface area contributed by atoms with E-state index in [2.05, 4.69) is 10.2 Å². The zero-order valence-electron chi connectivity index (χ0n) is 13.7. The van der Waals surface area contributed by atoms with E-state index in [4.69, 9.17) is 23.2 Å². The predicted molar refractivity (Wildman–Crippen MR) is 96.3 cm³/mol. The predicted octanol–water partition coefficient (Wildman–Crippen LogP) is 3.49. The summed E-state index contributed by atoms with van der Waals surface area (Å²) in [4.78, 5) is 14.1. The monoisotopic (exact) mass is 379 g/mol. The summed E-state index contributed by atoms with van der Waals surface area (Å²) in [6, 6.07) is 3.25. The molecule has 0 spiro atoms. The van der Waals surface area contributed by atoms with Crippen LogP contribution in [-0.4, -0.2) is 38.7 Å². The zero-order chi connectivity index (χ0) is 17.6. The third-order valence-electron chi connectivity index (χ3n) is 5.22. The summed E-state index contributed by atoms with van der Waals surface area (Å²) in [5.41, 5.74) is 4.01. The maximum Gasteiger partial charge on any atom is 0.222 e. The number of carbonyl (C=O) groups is 1. The van der Waals surface area contributed by atoms with E-state index in [1.54, 1.807) is 0 Å². The fourth-order valence-corrected chi connectivity index (χ4v) is 4.54. The topological polar surface area (TPSA) is 69.2 Å². The van der Waals surface area contributed by atoms with Gasteiger partial charge in [-0.2, -0.15) is 5.10 Å². The van der Waals surface area contributed by atoms with Crippen LogP contribution in [0.2, 0.25) is 10.0 Å². The lowest BCUT2D eigenvalue weighted by molar-refractivity contribution is -0.129. The number of carbonyl (C=O) groups excluding carboxylic acids is 1. The molecule has 0 unspecified atom stereocenters. The van der Waals surface area contributed by atoms with E-state index in [0.717, 1.165) is 49.2 Å². The van der Waals surface area contributed by atoms with Crippen molar-refractivity contribution in [2.75, 3.05) is 6.54 Å². The third kappa shape index (κ3) is 3.11. The number of aromatic amines is 1. The zero-order valence-corrected chi connectivity index (χ0v) is 15.2. The molecule has 0 saturated carbocycles. The second-order valence-electron chi connectivity index (χ2n) is 6.78. The number of aromatic hydroxyl groups is 1. The molecule has 0 bridgehead atoms. The Morgan fingerprint density at radius 1 is 1.28 bits per heavy atom. The van der Waals surface area contributed by atoms with Crippen LogP contribution < -0.4 is 0 Å². The van der Waals surface area contributed by atoms with Crippen LogP contribution in [0.5, 0.6) is 5.75 Å². The fourth-order valence-electron chi connectivity index (χ4n) is 3.94. The van der Waals surface area contributed by atoms with Gasteiger partial charge in [-0.15, -0.1) is 0 Å². The van der Waals surface area contributed by atoms with Gasteiger partial charge in [0.15, 0.2) is 0 Å². The first kappa shape index (κ1) is 16.7. The van der Waals surface area contributed by atoms with Gasteiger partial charge in [-0.3, -0.25) is 9.89 Å². The highest BCUT2D eigenvalue weighted by Gasteiger charge is 2.32. The molecule has 1 aliphatic heterocycles. The molecule has 1 fully saturated rings. The second-order valence-corrected chi connectivity index (χ2v) is 7.59. The highest BCUT2D eigenvalue weighted by atomic mass is 35.5. The number of nitrogens with zero attached hydrogens (tertiary/aromatic N) is 2. The van der Waals surface area contributed by atoms with Crippen LogP contribution in [0, 0.1) is 0 Å². The molecule has 2 aliphatic rings. The van der Waals surface area contributed by atoms with Crippen molar-refractivity contribution in [2.45, 2.75) is 44.6 Å². The van der Waals surface area contributed by atoms with Crippen molar-refractivity contribution < 1.29 is 9.90 Å². The van der Waals surface area contributed by atoms with Crippen molar-refractivity contribution in [1.82, 2.24) is 15.1 Å². The molecule has 2 N–H and O–H groups in total. The second kappa shape index (κ2) is 6.54. The van der Waals surface area contributed by atoms with E-state index in [1.807, 2.05) is 4.90 Å². The third-order valence-corrected chi connectivity index (χ3v) is 5.90. The Bertz CT molecular complexity index is 811. The van der Waals surface area contributed by atoms with Crippen LogP contribution in [0.15, 0.2) is 12.1 Å². The Kier molecular flexibility index (Phi) is 4.38. The van der Waals surface area contributed by atoms with Crippen LogP contribution in [0.25, 0.3) is 0 Å². The minimum atomic E-state index is 0.0537. The summed E-state index contributed by atoms with van der Waals surface area (Å²) >= 11 is 12.5. The van der Waals surface area contributed by atoms with Crippen LogP contribution >= 0.6 is 23.2 Å². The van der Waals surface area contributed by atoms with Crippen LogP contribution in [0.3, 0.4) is 0 Å². The molecule has 2 heterocycles. The number of phenols is 1. The lowest BCUT2D eigenvalue weighted by Crippen LogP contribution is -2.40. The van der Waals surface area contributed by atoms with Gasteiger partial charge in [-0.05, 0) is 48.9 Å². The number of benzene rings is 1. The van der Waals surface area contributed by atoms with Gasteiger partial charge in [-0.1, -0.05) is 23.2 Å². The number of hydrogen-bond donors (Lipinski definition) is 2. The van der Waals surface area contributed by atoms with Gasteiger partial charge in [0.25, 0.3) is 0 Å². The van der Waals surface area contributed by atoms with Gasteiger partial charge in [0.2, 0.25) is 5.91 Å². The first-order chi connectivity index (χ1) is 12.0. The number of phenolic OH excluding ortho intramolecular Hbond substituents is 1. The van der Waals surface area contributed by atoms with E-state index < -0.39 is 0 Å². The molecule has 4 rings (SSSR count). The standard InChI is InChI=1S/C18H19Cl2N3O2/c19-14-7-11(24)8-15(20)12(14)9-17-13-6-10(3-4-16(13)21-22-17)23-5-1-2-18(23)25/h7-8,10,24H,1-6,9H2,(H,21,22)/t10-/m1/s1. The van der Waals surface area contributed by atoms with Gasteiger partial charge in [0, 0.05) is 41.2 Å². The minimum absolute atomic E-state index is 0.0537. The average Bonchev–Trinajstić information content (AvgIpc) is 3.16. The summed E-state index contributed by atoms with van der Waals surface area (Å²) in [5.74, 6) is 0.320. The SMILES string of the molecule is O=C1CCCN1[C@@H]1CCc2n[nH]c(Cc3c(Cl)cc(O)cc3Cl)c2C1. The fraction of sp³-hybridized carbons (Fsp3) is 0.444. The van der Waals surface area contributed by atoms with E-state index in [1.165, 1.54) is 17.7 Å². The molecule has 5 nitrogen and oxygen atoms in total. The summed E-state index contributed by atoms with van der Waals surface area (Å²) in [6.07, 6.45) is 4.81. The van der Waals surface area contributed by atoms with Gasteiger partial charge >= 0.3 is 0 Å². The Hall–Kier alpha value is -1.72. The molecule has 0 radical (unpaired) electrons. The maximum absolute atomic E-state index is 12.1. The average molecular weight is 380 g/mol. The van der Waals surface area contributed by atoms with Crippen LogP contribution in [0.1, 0.15) is 41.8 Å². The Morgan fingerprint density at radius 3 is 2.72 bits per heavy atom. The van der Waals surface area contributed by atoms with Crippen molar-refractivity contribution in [3.63, 3.8) is 0 Å². The van der Waals surface area contributed by atoms with Gasteiger partial charge < -0.3 is 10.0 Å². The van der Waals surface area contributed by atoms with Crippen molar-refractivity contribution in [2.24, 2.45) is 0 Å². The van der Waals surface area contributed by atoms with Crippen molar-refractivity contribution in [3.05, 3.63) is 44.7 Å². The number of likely N-dealkylation sites (tertiary alicyclic amines) is 1. The van der Waals surface area contributed by atoms with Crippen molar-refractivity contribution in [1.29, 1.82) is 0 Å². The molecule has 25 heavy (non-hydrogen) atoms. The number of amides is 1. The van der Waals surface area contributed by atoms with Crippen molar-refractivity contribution in [3.8, 4) is 5.75 Å². The van der Waals surface area contributed by atoms with E-state index in [9.17, 15) is 9.90 Å². The minimum Gasteiger partial charge on any atom is -0.508 e. The molecule has 132 valence electrons. The van der Waals surface area contributed by atoms with Gasteiger partial charge in [0.05, 0.1) is 5.69 Å².